The zero-order chi connectivity index (χ0) is 14.0. The minimum atomic E-state index is -1.03. The van der Waals surface area contributed by atoms with Crippen LogP contribution in [-0.2, 0) is 13.6 Å². The van der Waals surface area contributed by atoms with Crippen LogP contribution in [0.25, 0.3) is 0 Å². The largest absolute Gasteiger partial charge is 0.478 e. The van der Waals surface area contributed by atoms with E-state index in [-0.39, 0.29) is 17.9 Å². The van der Waals surface area contributed by atoms with Gasteiger partial charge in [0.05, 0.1) is 18.4 Å². The van der Waals surface area contributed by atoms with Crippen LogP contribution >= 0.6 is 0 Å². The van der Waals surface area contributed by atoms with E-state index >= 15 is 0 Å². The Kier molecular flexibility index (Phi) is 3.50. The Balaban J connectivity index is 2.21. The molecule has 5 nitrogen and oxygen atoms in total. The fraction of sp³-hybridized carbons (Fsp3) is 0.231. The van der Waals surface area contributed by atoms with Crippen LogP contribution < -0.4 is 5.32 Å². The summed E-state index contributed by atoms with van der Waals surface area (Å²) in [6, 6.07) is 4.43. The van der Waals surface area contributed by atoms with Crippen molar-refractivity contribution >= 4 is 11.7 Å². The molecule has 0 unspecified atom stereocenters. The van der Waals surface area contributed by atoms with Crippen molar-refractivity contribution in [3.05, 3.63) is 47.0 Å². The van der Waals surface area contributed by atoms with E-state index in [2.05, 4.69) is 10.4 Å². The van der Waals surface area contributed by atoms with Gasteiger partial charge in [-0.3, -0.25) is 4.68 Å². The lowest BCUT2D eigenvalue weighted by Gasteiger charge is -2.10. The number of hydrogen-bond acceptors (Lipinski definition) is 3. The topological polar surface area (TPSA) is 67.2 Å². The summed E-state index contributed by atoms with van der Waals surface area (Å²) >= 11 is 0. The molecule has 2 aromatic rings. The fourth-order valence-corrected chi connectivity index (χ4v) is 1.81. The maximum absolute atomic E-state index is 13.1. The molecule has 0 saturated heterocycles. The number of carboxylic acids is 1. The maximum atomic E-state index is 13.1. The zero-order valence-electron chi connectivity index (χ0n) is 10.6. The van der Waals surface area contributed by atoms with E-state index in [4.69, 9.17) is 5.11 Å². The standard InChI is InChI=1S/C13H14FN3O2/c1-8-3-4-9(14)5-11(8)15-7-12-10(13(18)19)6-16-17(12)2/h3-6,15H,7H2,1-2H3,(H,18,19). The Morgan fingerprint density at radius 2 is 2.26 bits per heavy atom. The van der Waals surface area contributed by atoms with Crippen molar-refractivity contribution in [2.75, 3.05) is 5.32 Å². The predicted octanol–water partition coefficient (Wildman–Crippen LogP) is 2.18. The normalized spacial score (nSPS) is 10.5. The first-order valence-corrected chi connectivity index (χ1v) is 5.73. The van der Waals surface area contributed by atoms with Gasteiger partial charge in [-0.05, 0) is 24.6 Å². The lowest BCUT2D eigenvalue weighted by Crippen LogP contribution is -2.10. The molecule has 19 heavy (non-hydrogen) atoms. The number of hydrogen-bond donors (Lipinski definition) is 2. The number of carboxylic acid groups (broad SMARTS) is 1. The van der Waals surface area contributed by atoms with Crippen LogP contribution in [0.2, 0.25) is 0 Å². The number of nitrogens with zero attached hydrogens (tertiary/aromatic N) is 2. The summed E-state index contributed by atoms with van der Waals surface area (Å²) in [5.41, 5.74) is 2.21. The van der Waals surface area contributed by atoms with Gasteiger partial charge in [0.1, 0.15) is 11.4 Å². The third-order valence-electron chi connectivity index (χ3n) is 2.94. The summed E-state index contributed by atoms with van der Waals surface area (Å²) in [6.45, 7) is 2.12. The van der Waals surface area contributed by atoms with Crippen molar-refractivity contribution in [1.29, 1.82) is 0 Å². The highest BCUT2D eigenvalue weighted by Gasteiger charge is 2.14. The van der Waals surface area contributed by atoms with Crippen LogP contribution in [0.15, 0.2) is 24.4 Å². The van der Waals surface area contributed by atoms with Gasteiger partial charge in [0.25, 0.3) is 0 Å². The first-order chi connectivity index (χ1) is 8.99. The number of rotatable bonds is 4. The minimum Gasteiger partial charge on any atom is -0.478 e. The molecule has 0 saturated carbocycles. The van der Waals surface area contributed by atoms with E-state index < -0.39 is 5.97 Å². The average Bonchev–Trinajstić information content (AvgIpc) is 2.72. The molecule has 0 fully saturated rings. The molecule has 0 aliphatic carbocycles. The van der Waals surface area contributed by atoms with Gasteiger partial charge in [0.2, 0.25) is 0 Å². The zero-order valence-corrected chi connectivity index (χ0v) is 10.6. The molecular formula is C13H14FN3O2. The first kappa shape index (κ1) is 13.1. The maximum Gasteiger partial charge on any atom is 0.339 e. The number of aromatic nitrogens is 2. The van der Waals surface area contributed by atoms with Crippen molar-refractivity contribution in [2.24, 2.45) is 7.05 Å². The number of aromatic carboxylic acids is 1. The van der Waals surface area contributed by atoms with Gasteiger partial charge in [0, 0.05) is 12.7 Å². The summed E-state index contributed by atoms with van der Waals surface area (Å²) in [7, 11) is 1.67. The molecule has 0 aliphatic heterocycles. The van der Waals surface area contributed by atoms with Gasteiger partial charge >= 0.3 is 5.97 Å². The van der Waals surface area contributed by atoms with Gasteiger partial charge in [-0.15, -0.1) is 0 Å². The summed E-state index contributed by atoms with van der Waals surface area (Å²) in [5, 5.41) is 16.0. The van der Waals surface area contributed by atoms with Crippen molar-refractivity contribution in [3.8, 4) is 0 Å². The Hall–Kier alpha value is -2.37. The third kappa shape index (κ3) is 2.73. The summed E-state index contributed by atoms with van der Waals surface area (Å²) in [4.78, 5) is 11.0. The van der Waals surface area contributed by atoms with Crippen molar-refractivity contribution in [3.63, 3.8) is 0 Å². The molecule has 2 N–H and O–H groups in total. The van der Waals surface area contributed by atoms with Gasteiger partial charge in [0.15, 0.2) is 0 Å². The molecular weight excluding hydrogens is 249 g/mol. The average molecular weight is 263 g/mol. The third-order valence-corrected chi connectivity index (χ3v) is 2.94. The quantitative estimate of drug-likeness (QED) is 0.887. The molecule has 0 aliphatic rings. The van der Waals surface area contributed by atoms with E-state index in [1.807, 2.05) is 6.92 Å². The van der Waals surface area contributed by atoms with Gasteiger partial charge in [-0.25, -0.2) is 9.18 Å². The number of nitrogens with one attached hydrogen (secondary N) is 1. The Morgan fingerprint density at radius 3 is 2.95 bits per heavy atom. The first-order valence-electron chi connectivity index (χ1n) is 5.73. The highest BCUT2D eigenvalue weighted by atomic mass is 19.1. The summed E-state index contributed by atoms with van der Waals surface area (Å²) in [5.74, 6) is -1.36. The number of benzene rings is 1. The molecule has 6 heteroatoms. The molecule has 0 bridgehead atoms. The Labute approximate surface area is 109 Å². The lowest BCUT2D eigenvalue weighted by molar-refractivity contribution is 0.0695. The molecule has 1 heterocycles. The molecule has 1 aromatic heterocycles. The molecule has 0 amide bonds. The molecule has 0 atom stereocenters. The number of halogens is 1. The second kappa shape index (κ2) is 5.09. The smallest absolute Gasteiger partial charge is 0.339 e. The van der Waals surface area contributed by atoms with Gasteiger partial charge < -0.3 is 10.4 Å². The SMILES string of the molecule is Cc1ccc(F)cc1NCc1c(C(=O)O)cnn1C. The number of aryl methyl sites for hydroxylation is 2. The van der Waals surface area contributed by atoms with Crippen molar-refractivity contribution < 1.29 is 14.3 Å². The van der Waals surface area contributed by atoms with Crippen LogP contribution in [-0.4, -0.2) is 20.9 Å². The van der Waals surface area contributed by atoms with Gasteiger partial charge in [-0.2, -0.15) is 5.10 Å². The predicted molar refractivity (Wildman–Crippen MR) is 68.6 cm³/mol. The van der Waals surface area contributed by atoms with Crippen molar-refractivity contribution in [2.45, 2.75) is 13.5 Å². The number of carbonyl (C=O) groups is 1. The summed E-state index contributed by atoms with van der Waals surface area (Å²) < 4.78 is 14.6. The van der Waals surface area contributed by atoms with E-state index in [0.29, 0.717) is 11.4 Å². The van der Waals surface area contributed by atoms with E-state index in [0.717, 1.165) is 5.56 Å². The van der Waals surface area contributed by atoms with Crippen molar-refractivity contribution in [1.82, 2.24) is 9.78 Å². The second-order valence-electron chi connectivity index (χ2n) is 4.25. The van der Waals surface area contributed by atoms with E-state index in [1.165, 1.54) is 23.0 Å². The number of anilines is 1. The lowest BCUT2D eigenvalue weighted by atomic mass is 10.2. The Morgan fingerprint density at radius 1 is 1.53 bits per heavy atom. The highest BCUT2D eigenvalue weighted by molar-refractivity contribution is 5.88. The van der Waals surface area contributed by atoms with Crippen LogP contribution in [0.4, 0.5) is 10.1 Å². The monoisotopic (exact) mass is 263 g/mol. The molecule has 100 valence electrons. The molecule has 0 radical (unpaired) electrons. The van der Waals surface area contributed by atoms with Gasteiger partial charge in [-0.1, -0.05) is 6.07 Å². The van der Waals surface area contributed by atoms with E-state index in [1.54, 1.807) is 13.1 Å². The minimum absolute atomic E-state index is 0.143. The highest BCUT2D eigenvalue weighted by Crippen LogP contribution is 2.18. The molecule has 0 spiro atoms. The van der Waals surface area contributed by atoms with Crippen LogP contribution in [0, 0.1) is 12.7 Å². The molecule has 1 aromatic carbocycles. The van der Waals surface area contributed by atoms with Crippen LogP contribution in [0.1, 0.15) is 21.6 Å². The summed E-state index contributed by atoms with van der Waals surface area (Å²) in [6.07, 6.45) is 1.30. The molecule has 2 rings (SSSR count). The van der Waals surface area contributed by atoms with Crippen LogP contribution in [0.5, 0.6) is 0 Å². The Bertz CT molecular complexity index is 622. The second-order valence-corrected chi connectivity index (χ2v) is 4.25. The fourth-order valence-electron chi connectivity index (χ4n) is 1.81. The van der Waals surface area contributed by atoms with E-state index in [9.17, 15) is 9.18 Å². The van der Waals surface area contributed by atoms with Crippen LogP contribution in [0.3, 0.4) is 0 Å².